The molecule has 0 N–H and O–H groups in total. The maximum absolute atomic E-state index is 14.4. The van der Waals surface area contributed by atoms with Gasteiger partial charge in [-0.3, -0.25) is 4.98 Å². The number of pyridine rings is 1. The van der Waals surface area contributed by atoms with Gasteiger partial charge < -0.3 is 4.74 Å². The molecule has 0 atom stereocenters. The SMILES string of the molecule is COc1cc(F)c(C(C)C)cc1-c1ccc(C2CC2)nc1C(C)(C)C. The Bertz CT molecular complexity index is 785. The molecule has 1 aromatic heterocycles. The molecule has 1 aromatic carbocycles. The first kappa shape index (κ1) is 17.9. The molecular formula is C22H28FNO. The van der Waals surface area contributed by atoms with Gasteiger partial charge in [0, 0.05) is 34.2 Å². The Morgan fingerprint density at radius 3 is 2.32 bits per heavy atom. The fourth-order valence-corrected chi connectivity index (χ4v) is 3.26. The number of hydrogen-bond donors (Lipinski definition) is 0. The van der Waals surface area contributed by atoms with Crippen molar-refractivity contribution in [2.24, 2.45) is 0 Å². The summed E-state index contributed by atoms with van der Waals surface area (Å²) in [5.41, 5.74) is 4.80. The van der Waals surface area contributed by atoms with Gasteiger partial charge in [0.15, 0.2) is 0 Å². The Balaban J connectivity index is 2.23. The summed E-state index contributed by atoms with van der Waals surface area (Å²) in [4.78, 5) is 5.01. The molecule has 0 spiro atoms. The molecule has 1 saturated carbocycles. The summed E-state index contributed by atoms with van der Waals surface area (Å²) in [6.45, 7) is 10.5. The second-order valence-electron chi connectivity index (χ2n) is 8.39. The predicted molar refractivity (Wildman–Crippen MR) is 101 cm³/mol. The highest BCUT2D eigenvalue weighted by atomic mass is 19.1. The quantitative estimate of drug-likeness (QED) is 0.661. The molecule has 1 aliphatic carbocycles. The van der Waals surface area contributed by atoms with Crippen LogP contribution in [0.1, 0.15) is 76.2 Å². The molecule has 0 amide bonds. The minimum atomic E-state index is -0.213. The molecule has 2 aromatic rings. The highest BCUT2D eigenvalue weighted by Crippen LogP contribution is 2.43. The van der Waals surface area contributed by atoms with Crippen molar-refractivity contribution in [3.05, 3.63) is 47.0 Å². The molecule has 25 heavy (non-hydrogen) atoms. The van der Waals surface area contributed by atoms with Crippen LogP contribution in [0.3, 0.4) is 0 Å². The lowest BCUT2D eigenvalue weighted by atomic mass is 9.84. The third kappa shape index (κ3) is 3.56. The van der Waals surface area contributed by atoms with Crippen LogP contribution < -0.4 is 4.74 Å². The van der Waals surface area contributed by atoms with Crippen molar-refractivity contribution in [1.82, 2.24) is 4.98 Å². The van der Waals surface area contributed by atoms with E-state index < -0.39 is 0 Å². The molecule has 0 aliphatic heterocycles. The monoisotopic (exact) mass is 341 g/mol. The summed E-state index contributed by atoms with van der Waals surface area (Å²) in [5, 5.41) is 0. The zero-order valence-corrected chi connectivity index (χ0v) is 16.1. The first-order valence-corrected chi connectivity index (χ1v) is 9.11. The van der Waals surface area contributed by atoms with E-state index in [1.165, 1.54) is 24.6 Å². The number of halogens is 1. The molecule has 3 rings (SSSR count). The molecule has 134 valence electrons. The highest BCUT2D eigenvalue weighted by molar-refractivity contribution is 5.74. The Morgan fingerprint density at radius 2 is 1.80 bits per heavy atom. The summed E-state index contributed by atoms with van der Waals surface area (Å²) < 4.78 is 19.9. The Labute approximate surface area is 150 Å². The average molecular weight is 341 g/mol. The van der Waals surface area contributed by atoms with Gasteiger partial charge >= 0.3 is 0 Å². The van der Waals surface area contributed by atoms with Gasteiger partial charge in [-0.1, -0.05) is 40.7 Å². The van der Waals surface area contributed by atoms with Crippen molar-refractivity contribution in [2.75, 3.05) is 7.11 Å². The Hall–Kier alpha value is -1.90. The number of ether oxygens (including phenoxy) is 1. The van der Waals surface area contributed by atoms with Crippen LogP contribution in [-0.2, 0) is 5.41 Å². The van der Waals surface area contributed by atoms with E-state index in [1.807, 2.05) is 19.9 Å². The van der Waals surface area contributed by atoms with E-state index >= 15 is 0 Å². The number of hydrogen-bond acceptors (Lipinski definition) is 2. The van der Waals surface area contributed by atoms with Crippen LogP contribution in [0.2, 0.25) is 0 Å². The molecule has 0 radical (unpaired) electrons. The maximum atomic E-state index is 14.4. The van der Waals surface area contributed by atoms with Gasteiger partial charge in [-0.15, -0.1) is 0 Å². The first-order chi connectivity index (χ1) is 11.7. The van der Waals surface area contributed by atoms with Gasteiger partial charge in [-0.2, -0.15) is 0 Å². The summed E-state index contributed by atoms with van der Waals surface area (Å²) >= 11 is 0. The third-order valence-corrected chi connectivity index (χ3v) is 4.85. The molecule has 3 heteroatoms. The minimum absolute atomic E-state index is 0.0996. The Morgan fingerprint density at radius 1 is 1.12 bits per heavy atom. The lowest BCUT2D eigenvalue weighted by Crippen LogP contribution is -2.16. The molecule has 1 aliphatic rings. The van der Waals surface area contributed by atoms with Gasteiger partial charge in [-0.05, 0) is 36.5 Å². The summed E-state index contributed by atoms with van der Waals surface area (Å²) in [7, 11) is 1.59. The normalized spacial score (nSPS) is 14.9. The number of nitrogens with zero attached hydrogens (tertiary/aromatic N) is 1. The minimum Gasteiger partial charge on any atom is -0.496 e. The lowest BCUT2D eigenvalue weighted by molar-refractivity contribution is 0.412. The molecule has 1 fully saturated rings. The van der Waals surface area contributed by atoms with Crippen molar-refractivity contribution in [3.63, 3.8) is 0 Å². The molecule has 0 bridgehead atoms. The van der Waals surface area contributed by atoms with Crippen LogP contribution in [0, 0.1) is 5.82 Å². The summed E-state index contributed by atoms with van der Waals surface area (Å²) in [6, 6.07) is 7.70. The average Bonchev–Trinajstić information content (AvgIpc) is 3.37. The second-order valence-corrected chi connectivity index (χ2v) is 8.39. The van der Waals surface area contributed by atoms with Crippen molar-refractivity contribution >= 4 is 0 Å². The third-order valence-electron chi connectivity index (χ3n) is 4.85. The standard InChI is InChI=1S/C22H28FNO/c1-13(2)16-11-17(20(25-6)12-18(16)23)15-9-10-19(14-7-8-14)24-21(15)22(3,4)5/h9-14H,7-8H2,1-6H3. The van der Waals surface area contributed by atoms with Crippen molar-refractivity contribution in [2.45, 2.75) is 64.7 Å². The first-order valence-electron chi connectivity index (χ1n) is 9.11. The number of rotatable bonds is 4. The van der Waals surface area contributed by atoms with Gasteiger partial charge in [0.05, 0.1) is 12.8 Å². The molecule has 0 saturated heterocycles. The molecule has 2 nitrogen and oxygen atoms in total. The number of benzene rings is 1. The van der Waals surface area contributed by atoms with E-state index in [1.54, 1.807) is 7.11 Å². The predicted octanol–water partition coefficient (Wildman–Crippen LogP) is 6.19. The van der Waals surface area contributed by atoms with E-state index in [-0.39, 0.29) is 17.2 Å². The van der Waals surface area contributed by atoms with Crippen molar-refractivity contribution < 1.29 is 9.13 Å². The second kappa shape index (κ2) is 6.44. The van der Waals surface area contributed by atoms with E-state index in [2.05, 4.69) is 32.9 Å². The zero-order chi connectivity index (χ0) is 18.4. The topological polar surface area (TPSA) is 22.1 Å². The van der Waals surface area contributed by atoms with Gasteiger partial charge in [0.1, 0.15) is 11.6 Å². The molecule has 0 unspecified atom stereocenters. The smallest absolute Gasteiger partial charge is 0.130 e. The van der Waals surface area contributed by atoms with Crippen LogP contribution in [-0.4, -0.2) is 12.1 Å². The molecule has 1 heterocycles. The van der Waals surface area contributed by atoms with Crippen molar-refractivity contribution in [3.8, 4) is 16.9 Å². The highest BCUT2D eigenvalue weighted by Gasteiger charge is 2.29. The van der Waals surface area contributed by atoms with E-state index in [4.69, 9.17) is 9.72 Å². The van der Waals surface area contributed by atoms with Gasteiger partial charge in [0.25, 0.3) is 0 Å². The maximum Gasteiger partial charge on any atom is 0.130 e. The lowest BCUT2D eigenvalue weighted by Gasteiger charge is -2.24. The fraction of sp³-hybridized carbons (Fsp3) is 0.500. The summed E-state index contributed by atoms with van der Waals surface area (Å²) in [5.74, 6) is 1.07. The number of aromatic nitrogens is 1. The van der Waals surface area contributed by atoms with Gasteiger partial charge in [0.2, 0.25) is 0 Å². The van der Waals surface area contributed by atoms with Crippen LogP contribution in [0.5, 0.6) is 5.75 Å². The van der Waals surface area contributed by atoms with E-state index in [9.17, 15) is 4.39 Å². The zero-order valence-electron chi connectivity index (χ0n) is 16.1. The van der Waals surface area contributed by atoms with Crippen LogP contribution in [0.15, 0.2) is 24.3 Å². The van der Waals surface area contributed by atoms with E-state index in [0.717, 1.165) is 16.8 Å². The fourth-order valence-electron chi connectivity index (χ4n) is 3.26. The van der Waals surface area contributed by atoms with Gasteiger partial charge in [-0.25, -0.2) is 4.39 Å². The van der Waals surface area contributed by atoms with Crippen LogP contribution >= 0.6 is 0 Å². The van der Waals surface area contributed by atoms with E-state index in [0.29, 0.717) is 17.2 Å². The van der Waals surface area contributed by atoms with Crippen LogP contribution in [0.25, 0.3) is 11.1 Å². The van der Waals surface area contributed by atoms with Crippen molar-refractivity contribution in [1.29, 1.82) is 0 Å². The summed E-state index contributed by atoms with van der Waals surface area (Å²) in [6.07, 6.45) is 2.46. The Kier molecular flexibility index (Phi) is 4.61. The van der Waals surface area contributed by atoms with Crippen LogP contribution in [0.4, 0.5) is 4.39 Å². The number of methoxy groups -OCH3 is 1. The molecular weight excluding hydrogens is 313 g/mol. The largest absolute Gasteiger partial charge is 0.496 e.